The van der Waals surface area contributed by atoms with Crippen LogP contribution in [0.25, 0.3) is 5.69 Å². The monoisotopic (exact) mass is 379 g/mol. The highest BCUT2D eigenvalue weighted by atomic mass is 35.5. The molecule has 0 aliphatic carbocycles. The number of aryl methyl sites for hydroxylation is 1. The number of hydrogen-bond donors (Lipinski definition) is 0. The summed E-state index contributed by atoms with van der Waals surface area (Å²) in [5, 5.41) is 4.71. The van der Waals surface area contributed by atoms with Crippen molar-refractivity contribution in [3.05, 3.63) is 71.0 Å². The fourth-order valence-corrected chi connectivity index (χ4v) is 3.01. The lowest BCUT2D eigenvalue weighted by atomic mass is 10.2. The normalized spacial score (nSPS) is 10.3. The van der Waals surface area contributed by atoms with Crippen LogP contribution in [0.1, 0.15) is 16.1 Å². The van der Waals surface area contributed by atoms with Gasteiger partial charge in [0, 0.05) is 12.7 Å². The molecular formula is C21H18ClN3O2. The second-order valence-electron chi connectivity index (χ2n) is 5.85. The molecule has 0 aliphatic rings. The lowest BCUT2D eigenvalue weighted by Crippen LogP contribution is -2.26. The van der Waals surface area contributed by atoms with Gasteiger partial charge in [0.2, 0.25) is 0 Å². The molecule has 1 heterocycles. The molecule has 0 saturated heterocycles. The molecule has 3 aromatic rings. The van der Waals surface area contributed by atoms with Crippen LogP contribution in [0, 0.1) is 19.3 Å². The second-order valence-corrected chi connectivity index (χ2v) is 6.21. The quantitative estimate of drug-likeness (QED) is 0.626. The van der Waals surface area contributed by atoms with E-state index in [1.54, 1.807) is 42.9 Å². The first-order chi connectivity index (χ1) is 13.0. The van der Waals surface area contributed by atoms with E-state index in [9.17, 15) is 4.79 Å². The van der Waals surface area contributed by atoms with E-state index in [-0.39, 0.29) is 17.7 Å². The molecule has 0 fully saturated rings. The van der Waals surface area contributed by atoms with Crippen molar-refractivity contribution in [3.63, 3.8) is 0 Å². The number of halogens is 1. The maximum atomic E-state index is 13.0. The van der Waals surface area contributed by atoms with Gasteiger partial charge in [-0.1, -0.05) is 35.7 Å². The van der Waals surface area contributed by atoms with E-state index in [2.05, 4.69) is 11.0 Å². The molecule has 3 rings (SSSR count). The van der Waals surface area contributed by atoms with Crippen molar-refractivity contribution in [2.45, 2.75) is 6.92 Å². The Morgan fingerprint density at radius 1 is 1.22 bits per heavy atom. The number of para-hydroxylation sites is 1. The number of carbonyl (C=O) groups is 1. The maximum absolute atomic E-state index is 13.0. The van der Waals surface area contributed by atoms with Gasteiger partial charge in [-0.25, -0.2) is 4.68 Å². The minimum atomic E-state index is -0.239. The Labute approximate surface area is 163 Å². The second kappa shape index (κ2) is 7.98. The van der Waals surface area contributed by atoms with Gasteiger partial charge in [-0.2, -0.15) is 5.10 Å². The standard InChI is InChI=1S/C21H18ClN3O2/c1-4-14-27-18-12-10-16(11-13-18)24(3)21(26)19-15(2)23-25(20(19)22)17-8-6-5-7-9-17/h1,5-13H,14H2,2-3H3. The van der Waals surface area contributed by atoms with Crippen LogP contribution in [-0.2, 0) is 0 Å². The molecule has 5 nitrogen and oxygen atoms in total. The fraction of sp³-hybridized carbons (Fsp3) is 0.143. The minimum Gasteiger partial charge on any atom is -0.481 e. The zero-order chi connectivity index (χ0) is 19.4. The first-order valence-electron chi connectivity index (χ1n) is 8.28. The highest BCUT2D eigenvalue weighted by molar-refractivity contribution is 6.34. The Balaban J connectivity index is 1.87. The number of amides is 1. The van der Waals surface area contributed by atoms with Crippen LogP contribution < -0.4 is 9.64 Å². The van der Waals surface area contributed by atoms with Crippen molar-refractivity contribution in [3.8, 4) is 23.8 Å². The van der Waals surface area contributed by atoms with Gasteiger partial charge < -0.3 is 9.64 Å². The Bertz CT molecular complexity index is 989. The molecule has 2 aromatic carbocycles. The molecule has 0 saturated carbocycles. The van der Waals surface area contributed by atoms with Gasteiger partial charge in [0.1, 0.15) is 23.1 Å². The predicted molar refractivity (Wildman–Crippen MR) is 107 cm³/mol. The molecule has 1 amide bonds. The van der Waals surface area contributed by atoms with Gasteiger partial charge in [-0.3, -0.25) is 4.79 Å². The van der Waals surface area contributed by atoms with E-state index in [0.29, 0.717) is 22.7 Å². The highest BCUT2D eigenvalue weighted by Crippen LogP contribution is 2.27. The molecule has 0 N–H and O–H groups in total. The van der Waals surface area contributed by atoms with Gasteiger partial charge >= 0.3 is 0 Å². The molecular weight excluding hydrogens is 362 g/mol. The van der Waals surface area contributed by atoms with E-state index in [1.165, 1.54) is 4.90 Å². The average molecular weight is 380 g/mol. The number of carbonyl (C=O) groups excluding carboxylic acids is 1. The Kier molecular flexibility index (Phi) is 5.49. The third-order valence-corrected chi connectivity index (χ3v) is 4.42. The summed E-state index contributed by atoms with van der Waals surface area (Å²) in [6, 6.07) is 16.5. The Morgan fingerprint density at radius 2 is 1.89 bits per heavy atom. The number of terminal acetylenes is 1. The number of benzene rings is 2. The van der Waals surface area contributed by atoms with Crippen LogP contribution in [-0.4, -0.2) is 29.3 Å². The summed E-state index contributed by atoms with van der Waals surface area (Å²) in [6.45, 7) is 1.96. The maximum Gasteiger partial charge on any atom is 0.263 e. The van der Waals surface area contributed by atoms with Gasteiger partial charge in [-0.05, 0) is 43.3 Å². The number of nitrogens with zero attached hydrogens (tertiary/aromatic N) is 3. The third-order valence-electron chi connectivity index (χ3n) is 4.07. The first-order valence-corrected chi connectivity index (χ1v) is 8.65. The molecule has 0 spiro atoms. The smallest absolute Gasteiger partial charge is 0.263 e. The first kappa shape index (κ1) is 18.6. The van der Waals surface area contributed by atoms with Crippen LogP contribution in [0.4, 0.5) is 5.69 Å². The molecule has 0 bridgehead atoms. The molecule has 0 unspecified atom stereocenters. The molecule has 27 heavy (non-hydrogen) atoms. The molecule has 6 heteroatoms. The molecule has 1 aromatic heterocycles. The number of anilines is 1. The largest absolute Gasteiger partial charge is 0.481 e. The van der Waals surface area contributed by atoms with Crippen molar-refractivity contribution < 1.29 is 9.53 Å². The number of rotatable bonds is 5. The van der Waals surface area contributed by atoms with Crippen LogP contribution >= 0.6 is 11.6 Å². The van der Waals surface area contributed by atoms with Crippen LogP contribution in [0.2, 0.25) is 5.15 Å². The van der Waals surface area contributed by atoms with Crippen molar-refractivity contribution in [2.24, 2.45) is 0 Å². The summed E-state index contributed by atoms with van der Waals surface area (Å²) in [6.07, 6.45) is 5.18. The summed E-state index contributed by atoms with van der Waals surface area (Å²) in [5.74, 6) is 2.81. The van der Waals surface area contributed by atoms with E-state index >= 15 is 0 Å². The fourth-order valence-electron chi connectivity index (χ4n) is 2.66. The molecule has 136 valence electrons. The van der Waals surface area contributed by atoms with Crippen molar-refractivity contribution in [1.82, 2.24) is 9.78 Å². The number of ether oxygens (including phenoxy) is 1. The van der Waals surface area contributed by atoms with Gasteiger partial charge in [0.15, 0.2) is 0 Å². The highest BCUT2D eigenvalue weighted by Gasteiger charge is 2.24. The summed E-state index contributed by atoms with van der Waals surface area (Å²) in [7, 11) is 1.69. The molecule has 0 radical (unpaired) electrons. The summed E-state index contributed by atoms with van der Waals surface area (Å²) in [5.41, 5.74) is 2.43. The van der Waals surface area contributed by atoms with Crippen molar-refractivity contribution in [2.75, 3.05) is 18.6 Å². The van der Waals surface area contributed by atoms with Crippen LogP contribution in [0.5, 0.6) is 5.75 Å². The lowest BCUT2D eigenvalue weighted by molar-refractivity contribution is 0.0992. The van der Waals surface area contributed by atoms with E-state index in [4.69, 9.17) is 22.8 Å². The zero-order valence-corrected chi connectivity index (χ0v) is 15.8. The average Bonchev–Trinajstić information content (AvgIpc) is 3.00. The zero-order valence-electron chi connectivity index (χ0n) is 15.0. The van der Waals surface area contributed by atoms with E-state index < -0.39 is 0 Å². The SMILES string of the molecule is C#CCOc1ccc(N(C)C(=O)c2c(C)nn(-c3ccccc3)c2Cl)cc1. The summed E-state index contributed by atoms with van der Waals surface area (Å²) >= 11 is 6.49. The third kappa shape index (κ3) is 3.81. The van der Waals surface area contributed by atoms with E-state index in [1.807, 2.05) is 30.3 Å². The summed E-state index contributed by atoms with van der Waals surface area (Å²) in [4.78, 5) is 14.5. The van der Waals surface area contributed by atoms with Gasteiger partial charge in [-0.15, -0.1) is 6.42 Å². The number of hydrogen-bond acceptors (Lipinski definition) is 3. The van der Waals surface area contributed by atoms with Gasteiger partial charge in [0.05, 0.1) is 11.4 Å². The van der Waals surface area contributed by atoms with Crippen LogP contribution in [0.15, 0.2) is 54.6 Å². The minimum absolute atomic E-state index is 0.196. The number of aromatic nitrogens is 2. The van der Waals surface area contributed by atoms with Crippen LogP contribution in [0.3, 0.4) is 0 Å². The predicted octanol–water partition coefficient (Wildman–Crippen LogP) is 4.12. The van der Waals surface area contributed by atoms with Crippen molar-refractivity contribution in [1.29, 1.82) is 0 Å². The Morgan fingerprint density at radius 3 is 2.52 bits per heavy atom. The molecule has 0 aliphatic heterocycles. The van der Waals surface area contributed by atoms with Crippen molar-refractivity contribution >= 4 is 23.2 Å². The topological polar surface area (TPSA) is 47.4 Å². The van der Waals surface area contributed by atoms with Gasteiger partial charge in [0.25, 0.3) is 5.91 Å². The lowest BCUT2D eigenvalue weighted by Gasteiger charge is -2.17. The van der Waals surface area contributed by atoms with E-state index in [0.717, 1.165) is 5.69 Å². The Hall–Kier alpha value is -3.23. The molecule has 0 atom stereocenters. The summed E-state index contributed by atoms with van der Waals surface area (Å²) < 4.78 is 6.92.